The number of aliphatic imine (C=N–C) groups is 1. The van der Waals surface area contributed by atoms with Crippen LogP contribution in [0.5, 0.6) is 5.75 Å². The van der Waals surface area contributed by atoms with E-state index in [1.807, 2.05) is 12.3 Å². The topological polar surface area (TPSA) is 45.5 Å². The number of phenolic OH excluding ortho intramolecular Hbond substituents is 1. The molecule has 6 aromatic rings. The van der Waals surface area contributed by atoms with Gasteiger partial charge >= 0.3 is 0 Å². The van der Waals surface area contributed by atoms with Gasteiger partial charge in [0.05, 0.1) is 5.71 Å². The van der Waals surface area contributed by atoms with E-state index in [0.29, 0.717) is 5.75 Å². The third kappa shape index (κ3) is 6.96. The van der Waals surface area contributed by atoms with Crippen molar-refractivity contribution in [1.29, 1.82) is 0 Å². The van der Waals surface area contributed by atoms with E-state index in [1.54, 1.807) is 0 Å². The number of nitrogens with zero attached hydrogens (tertiary/aromatic N) is 2. The Hall–Kier alpha value is -4.59. The predicted octanol–water partition coefficient (Wildman–Crippen LogP) is 12.7. The van der Waals surface area contributed by atoms with Crippen molar-refractivity contribution in [2.45, 2.75) is 79.1 Å². The molecule has 0 amide bonds. The van der Waals surface area contributed by atoms with Crippen molar-refractivity contribution in [1.82, 2.24) is 4.98 Å². The second-order valence-corrected chi connectivity index (χ2v) is 16.1. The third-order valence-electron chi connectivity index (χ3n) is 10.3. The summed E-state index contributed by atoms with van der Waals surface area (Å²) >= 11 is 0. The fourth-order valence-corrected chi connectivity index (χ4v) is 7.40. The van der Waals surface area contributed by atoms with Gasteiger partial charge in [-0.3, -0.25) is 9.98 Å². The van der Waals surface area contributed by atoms with Crippen LogP contribution in [0.4, 0.5) is 5.69 Å². The van der Waals surface area contributed by atoms with Gasteiger partial charge < -0.3 is 5.11 Å². The smallest absolute Gasteiger partial charge is 0.128 e. The van der Waals surface area contributed by atoms with Crippen LogP contribution in [0.1, 0.15) is 87.8 Å². The maximum atomic E-state index is 11.8. The molecule has 266 valence electrons. The molecule has 0 aliphatic carbocycles. The summed E-state index contributed by atoms with van der Waals surface area (Å²) in [5.74, 6) is 0.324. The first kappa shape index (κ1) is 37.2. The maximum absolute atomic E-state index is 11.8. The summed E-state index contributed by atoms with van der Waals surface area (Å²) in [6.45, 7) is 19.7. The SMILES string of the molecule is Cc1cccc(C)c1-c1cc(-c2cc(-c3ccccc3)ccn2)[c-]c(-c2cccc3c2N=C(c2cc(C(C)(C)C)cc(C(C)(C)C)c2O)C3C)c1.[Pt]. The van der Waals surface area contributed by atoms with Crippen molar-refractivity contribution in [3.05, 3.63) is 149 Å². The predicted molar refractivity (Wildman–Crippen MR) is 214 cm³/mol. The van der Waals surface area contributed by atoms with E-state index in [4.69, 9.17) is 9.98 Å². The van der Waals surface area contributed by atoms with Gasteiger partial charge in [0.25, 0.3) is 0 Å². The zero-order chi connectivity index (χ0) is 36.2. The van der Waals surface area contributed by atoms with Gasteiger partial charge in [-0.1, -0.05) is 144 Å². The molecule has 52 heavy (non-hydrogen) atoms. The van der Waals surface area contributed by atoms with Crippen LogP contribution in [-0.2, 0) is 31.9 Å². The molecule has 1 aromatic heterocycles. The largest absolute Gasteiger partial charge is 0.507 e. The van der Waals surface area contributed by atoms with Gasteiger partial charge in [-0.05, 0) is 75.8 Å². The minimum absolute atomic E-state index is 0. The Morgan fingerprint density at radius 2 is 1.33 bits per heavy atom. The molecule has 1 atom stereocenters. The van der Waals surface area contributed by atoms with Gasteiger partial charge in [-0.2, -0.15) is 0 Å². The van der Waals surface area contributed by atoms with E-state index in [2.05, 4.69) is 165 Å². The molecule has 5 aromatic carbocycles. The number of hydrogen-bond donors (Lipinski definition) is 1. The van der Waals surface area contributed by atoms with Crippen LogP contribution in [0.15, 0.2) is 114 Å². The molecule has 3 nitrogen and oxygen atoms in total. The molecular formula is C48H47N2OPt-. The van der Waals surface area contributed by atoms with E-state index in [1.165, 1.54) is 22.3 Å². The van der Waals surface area contributed by atoms with Crippen LogP contribution >= 0.6 is 0 Å². The fourth-order valence-electron chi connectivity index (χ4n) is 7.40. The van der Waals surface area contributed by atoms with Crippen molar-refractivity contribution in [2.75, 3.05) is 0 Å². The van der Waals surface area contributed by atoms with Crippen LogP contribution in [0.25, 0.3) is 44.6 Å². The molecule has 2 heterocycles. The molecule has 0 radical (unpaired) electrons. The van der Waals surface area contributed by atoms with E-state index in [9.17, 15) is 5.11 Å². The average Bonchev–Trinajstić information content (AvgIpc) is 3.43. The second-order valence-electron chi connectivity index (χ2n) is 16.1. The summed E-state index contributed by atoms with van der Waals surface area (Å²) in [6.07, 6.45) is 1.89. The number of fused-ring (bicyclic) bond motifs is 1. The third-order valence-corrected chi connectivity index (χ3v) is 10.3. The van der Waals surface area contributed by atoms with Gasteiger partial charge in [-0.15, -0.1) is 23.8 Å². The Morgan fingerprint density at radius 1 is 0.654 bits per heavy atom. The van der Waals surface area contributed by atoms with Crippen molar-refractivity contribution >= 4 is 11.4 Å². The first-order chi connectivity index (χ1) is 24.2. The Bertz CT molecular complexity index is 2300. The van der Waals surface area contributed by atoms with E-state index >= 15 is 0 Å². The number of hydrogen-bond acceptors (Lipinski definition) is 3. The van der Waals surface area contributed by atoms with Crippen molar-refractivity contribution in [3.63, 3.8) is 0 Å². The van der Waals surface area contributed by atoms with E-state index < -0.39 is 0 Å². The molecule has 1 unspecified atom stereocenters. The van der Waals surface area contributed by atoms with Gasteiger partial charge in [0.15, 0.2) is 0 Å². The first-order valence-electron chi connectivity index (χ1n) is 18.0. The number of rotatable bonds is 5. The summed E-state index contributed by atoms with van der Waals surface area (Å²) in [5.41, 5.74) is 16.5. The fraction of sp³-hybridized carbons (Fsp3) is 0.250. The first-order valence-corrected chi connectivity index (χ1v) is 18.0. The molecule has 7 rings (SSSR count). The standard InChI is InChI=1S/C48H47N2O.Pt/c1-29-15-13-16-30(2)43(29)36-24-34(23-35(25-36)42-26-33(21-22-49-42)32-17-11-10-12-18-32)39-20-14-19-38-31(3)44(50-45(38)39)40-27-37(47(4,5)6)28-41(46(40)51)48(7,8)9;/h10-22,24-28,31,51H,1-9H3;/q-1;. The minimum Gasteiger partial charge on any atom is -0.507 e. The molecule has 1 N–H and O–H groups in total. The molecule has 1 aliphatic heterocycles. The van der Waals surface area contributed by atoms with Crippen molar-refractivity contribution in [2.24, 2.45) is 4.99 Å². The Morgan fingerprint density at radius 3 is 2.00 bits per heavy atom. The van der Waals surface area contributed by atoms with Crippen LogP contribution in [0.2, 0.25) is 0 Å². The summed E-state index contributed by atoms with van der Waals surface area (Å²) in [6, 6.07) is 40.2. The number of aryl methyl sites for hydroxylation is 2. The zero-order valence-corrected chi connectivity index (χ0v) is 33.9. The quantitative estimate of drug-likeness (QED) is 0.176. The number of benzene rings is 5. The molecule has 0 spiro atoms. The van der Waals surface area contributed by atoms with Crippen LogP contribution in [0.3, 0.4) is 0 Å². The minimum atomic E-state index is -0.230. The summed E-state index contributed by atoms with van der Waals surface area (Å²) in [7, 11) is 0. The molecule has 0 saturated heterocycles. The molecule has 0 fully saturated rings. The summed E-state index contributed by atoms with van der Waals surface area (Å²) < 4.78 is 0. The summed E-state index contributed by atoms with van der Waals surface area (Å²) in [5, 5.41) is 11.8. The number of para-hydroxylation sites is 1. The maximum Gasteiger partial charge on any atom is 0.128 e. The number of phenols is 1. The second kappa shape index (κ2) is 14.1. The summed E-state index contributed by atoms with van der Waals surface area (Å²) in [4.78, 5) is 10.3. The Kier molecular flexibility index (Phi) is 10.1. The molecule has 0 bridgehead atoms. The van der Waals surface area contributed by atoms with E-state index in [-0.39, 0.29) is 37.8 Å². The van der Waals surface area contributed by atoms with Gasteiger partial charge in [0.2, 0.25) is 0 Å². The molecular weight excluding hydrogens is 816 g/mol. The Balaban J connectivity index is 0.00000464. The molecule has 4 heteroatoms. The Labute approximate surface area is 324 Å². The van der Waals surface area contributed by atoms with Crippen LogP contribution < -0.4 is 0 Å². The monoisotopic (exact) mass is 862 g/mol. The van der Waals surface area contributed by atoms with Gasteiger partial charge in [0.1, 0.15) is 5.75 Å². The van der Waals surface area contributed by atoms with Crippen LogP contribution in [-0.4, -0.2) is 15.8 Å². The molecule has 0 saturated carbocycles. The van der Waals surface area contributed by atoms with Gasteiger partial charge in [0, 0.05) is 55.7 Å². The van der Waals surface area contributed by atoms with Crippen molar-refractivity contribution < 1.29 is 26.2 Å². The number of aromatic nitrogens is 1. The zero-order valence-electron chi connectivity index (χ0n) is 31.6. The molecule has 1 aliphatic rings. The number of pyridine rings is 1. The number of aromatic hydroxyl groups is 1. The average molecular weight is 863 g/mol. The normalized spacial score (nSPS) is 14.1. The van der Waals surface area contributed by atoms with Gasteiger partial charge in [-0.25, -0.2) is 0 Å². The van der Waals surface area contributed by atoms with Crippen molar-refractivity contribution in [3.8, 4) is 50.4 Å². The van der Waals surface area contributed by atoms with Crippen LogP contribution in [0, 0.1) is 19.9 Å². The van der Waals surface area contributed by atoms with E-state index in [0.717, 1.165) is 67.2 Å².